The molecule has 0 fully saturated rings. The first-order chi connectivity index (χ1) is 10.3. The molecule has 0 atom stereocenters. The van der Waals surface area contributed by atoms with E-state index in [9.17, 15) is 4.79 Å². The maximum atomic E-state index is 12.2. The van der Waals surface area contributed by atoms with Gasteiger partial charge in [-0.25, -0.2) is 0 Å². The minimum absolute atomic E-state index is 0.181. The zero-order chi connectivity index (χ0) is 14.7. The molecule has 0 unspecified atom stereocenters. The normalized spacial score (nSPS) is 11.7. The molecule has 2 aromatic rings. The standard InChI is InChI=1S/C15H12N2O3S/c16-7-1-2-11-4-6-14(21-11)15(18)17-10-3-5-12-13(8-10)20-9-19-12/h3-6,8H,7,9,16H2,(H,17,18). The van der Waals surface area contributed by atoms with Gasteiger partial charge in [0.1, 0.15) is 0 Å². The Morgan fingerprint density at radius 2 is 2.14 bits per heavy atom. The van der Waals surface area contributed by atoms with E-state index in [1.807, 2.05) is 6.07 Å². The van der Waals surface area contributed by atoms with Crippen molar-refractivity contribution in [2.45, 2.75) is 0 Å². The van der Waals surface area contributed by atoms with Crippen molar-refractivity contribution in [2.24, 2.45) is 5.73 Å². The predicted octanol–water partition coefficient (Wildman–Crippen LogP) is 2.04. The second kappa shape index (κ2) is 5.87. The number of carbonyl (C=O) groups is 1. The summed E-state index contributed by atoms with van der Waals surface area (Å²) >= 11 is 1.33. The van der Waals surface area contributed by atoms with Gasteiger partial charge in [0.2, 0.25) is 6.79 Å². The SMILES string of the molecule is NCC#Cc1ccc(C(=O)Nc2ccc3c(c2)OCO3)s1. The number of thiophene rings is 1. The number of anilines is 1. The first-order valence-corrected chi connectivity index (χ1v) is 7.07. The van der Waals surface area contributed by atoms with E-state index < -0.39 is 0 Å². The summed E-state index contributed by atoms with van der Waals surface area (Å²) in [5.74, 6) is 6.80. The first-order valence-electron chi connectivity index (χ1n) is 6.26. The number of fused-ring (bicyclic) bond motifs is 1. The highest BCUT2D eigenvalue weighted by atomic mass is 32.1. The van der Waals surface area contributed by atoms with Crippen LogP contribution in [0.5, 0.6) is 11.5 Å². The van der Waals surface area contributed by atoms with Gasteiger partial charge in [0.25, 0.3) is 5.91 Å². The minimum atomic E-state index is -0.181. The monoisotopic (exact) mass is 300 g/mol. The van der Waals surface area contributed by atoms with E-state index in [2.05, 4.69) is 17.2 Å². The molecule has 1 aromatic carbocycles. The van der Waals surface area contributed by atoms with E-state index in [0.29, 0.717) is 28.6 Å². The quantitative estimate of drug-likeness (QED) is 0.832. The van der Waals surface area contributed by atoms with Crippen LogP contribution in [0.2, 0.25) is 0 Å². The van der Waals surface area contributed by atoms with Crippen LogP contribution in [-0.2, 0) is 0 Å². The van der Waals surface area contributed by atoms with Gasteiger partial charge in [-0.3, -0.25) is 4.79 Å². The summed E-state index contributed by atoms with van der Waals surface area (Å²) < 4.78 is 10.5. The van der Waals surface area contributed by atoms with Crippen LogP contribution in [-0.4, -0.2) is 19.2 Å². The number of rotatable bonds is 2. The molecule has 2 heterocycles. The van der Waals surface area contributed by atoms with E-state index >= 15 is 0 Å². The summed E-state index contributed by atoms with van der Waals surface area (Å²) in [4.78, 5) is 13.6. The van der Waals surface area contributed by atoms with Crippen molar-refractivity contribution < 1.29 is 14.3 Å². The zero-order valence-corrected chi connectivity index (χ0v) is 11.8. The van der Waals surface area contributed by atoms with E-state index in [4.69, 9.17) is 15.2 Å². The van der Waals surface area contributed by atoms with Gasteiger partial charge in [-0.15, -0.1) is 11.3 Å². The molecule has 0 spiro atoms. The molecule has 0 aliphatic carbocycles. The van der Waals surface area contributed by atoms with E-state index in [0.717, 1.165) is 4.88 Å². The third-order valence-corrected chi connectivity index (χ3v) is 3.77. The van der Waals surface area contributed by atoms with Gasteiger partial charge in [0.05, 0.1) is 16.3 Å². The molecule has 21 heavy (non-hydrogen) atoms. The highest BCUT2D eigenvalue weighted by Gasteiger charge is 2.15. The van der Waals surface area contributed by atoms with Crippen molar-refractivity contribution >= 4 is 22.9 Å². The summed E-state index contributed by atoms with van der Waals surface area (Å²) in [6.07, 6.45) is 0. The summed E-state index contributed by atoms with van der Waals surface area (Å²) in [7, 11) is 0. The minimum Gasteiger partial charge on any atom is -0.454 e. The van der Waals surface area contributed by atoms with Gasteiger partial charge in [-0.2, -0.15) is 0 Å². The van der Waals surface area contributed by atoms with E-state index in [1.165, 1.54) is 11.3 Å². The molecule has 1 amide bonds. The third-order valence-electron chi connectivity index (χ3n) is 2.77. The molecule has 5 nitrogen and oxygen atoms in total. The summed E-state index contributed by atoms with van der Waals surface area (Å²) in [6.45, 7) is 0.511. The molecule has 106 valence electrons. The fourth-order valence-electron chi connectivity index (χ4n) is 1.83. The van der Waals surface area contributed by atoms with Crippen molar-refractivity contribution in [1.29, 1.82) is 0 Å². The maximum absolute atomic E-state index is 12.2. The molecule has 0 saturated heterocycles. The largest absolute Gasteiger partial charge is 0.454 e. The smallest absolute Gasteiger partial charge is 0.265 e. The molecule has 1 aliphatic rings. The van der Waals surface area contributed by atoms with Crippen molar-refractivity contribution in [2.75, 3.05) is 18.7 Å². The highest BCUT2D eigenvalue weighted by Crippen LogP contribution is 2.34. The Morgan fingerprint density at radius 1 is 1.29 bits per heavy atom. The Labute approximate surface area is 125 Å². The van der Waals surface area contributed by atoms with E-state index in [-0.39, 0.29) is 12.7 Å². The highest BCUT2D eigenvalue weighted by molar-refractivity contribution is 7.14. The molecule has 0 radical (unpaired) electrons. The Bertz CT molecular complexity index is 743. The third kappa shape index (κ3) is 2.99. The number of hydrogen-bond donors (Lipinski definition) is 2. The Balaban J connectivity index is 1.72. The van der Waals surface area contributed by atoms with Crippen LogP contribution in [0.15, 0.2) is 30.3 Å². The van der Waals surface area contributed by atoms with Gasteiger partial charge in [0.15, 0.2) is 11.5 Å². The lowest BCUT2D eigenvalue weighted by atomic mass is 10.2. The number of benzene rings is 1. The first kappa shape index (κ1) is 13.5. The fraction of sp³-hybridized carbons (Fsp3) is 0.133. The van der Waals surface area contributed by atoms with Gasteiger partial charge < -0.3 is 20.5 Å². The molecule has 0 bridgehead atoms. The molecule has 3 rings (SSSR count). The second-order valence-corrected chi connectivity index (χ2v) is 5.28. The Morgan fingerprint density at radius 3 is 3.00 bits per heavy atom. The number of amides is 1. The van der Waals surface area contributed by atoms with Crippen LogP contribution in [0, 0.1) is 11.8 Å². The molecule has 1 aliphatic heterocycles. The van der Waals surface area contributed by atoms with Gasteiger partial charge in [-0.05, 0) is 24.3 Å². The molecular formula is C15H12N2O3S. The maximum Gasteiger partial charge on any atom is 0.265 e. The van der Waals surface area contributed by atoms with Crippen molar-refractivity contribution in [1.82, 2.24) is 0 Å². The molecule has 3 N–H and O–H groups in total. The second-order valence-electron chi connectivity index (χ2n) is 4.19. The topological polar surface area (TPSA) is 73.6 Å². The summed E-state index contributed by atoms with van der Waals surface area (Å²) in [6, 6.07) is 8.83. The van der Waals surface area contributed by atoms with Crippen LogP contribution in [0.25, 0.3) is 0 Å². The molecular weight excluding hydrogens is 288 g/mol. The van der Waals surface area contributed by atoms with E-state index in [1.54, 1.807) is 24.3 Å². The fourth-order valence-corrected chi connectivity index (χ4v) is 2.61. The summed E-state index contributed by atoms with van der Waals surface area (Å²) in [5, 5.41) is 2.82. The van der Waals surface area contributed by atoms with Crippen molar-refractivity contribution in [3.05, 3.63) is 40.1 Å². The Hall–Kier alpha value is -2.49. The number of ether oxygens (including phenoxy) is 2. The predicted molar refractivity (Wildman–Crippen MR) is 80.8 cm³/mol. The lowest BCUT2D eigenvalue weighted by molar-refractivity contribution is 0.103. The number of hydrogen-bond acceptors (Lipinski definition) is 5. The van der Waals surface area contributed by atoms with Crippen LogP contribution < -0.4 is 20.5 Å². The lowest BCUT2D eigenvalue weighted by Crippen LogP contribution is -2.09. The molecule has 0 saturated carbocycles. The van der Waals surface area contributed by atoms with Crippen LogP contribution in [0.3, 0.4) is 0 Å². The number of nitrogens with one attached hydrogen (secondary N) is 1. The van der Waals surface area contributed by atoms with Crippen LogP contribution in [0.1, 0.15) is 14.5 Å². The van der Waals surface area contributed by atoms with Gasteiger partial charge >= 0.3 is 0 Å². The van der Waals surface area contributed by atoms with Crippen molar-refractivity contribution in [3.8, 4) is 23.3 Å². The number of nitrogens with two attached hydrogens (primary N) is 1. The lowest BCUT2D eigenvalue weighted by Gasteiger charge is -2.04. The average molecular weight is 300 g/mol. The van der Waals surface area contributed by atoms with Crippen molar-refractivity contribution in [3.63, 3.8) is 0 Å². The van der Waals surface area contributed by atoms with Crippen LogP contribution >= 0.6 is 11.3 Å². The van der Waals surface area contributed by atoms with Gasteiger partial charge in [0, 0.05) is 11.8 Å². The average Bonchev–Trinajstić information content (AvgIpc) is 3.13. The van der Waals surface area contributed by atoms with Crippen LogP contribution in [0.4, 0.5) is 5.69 Å². The van der Waals surface area contributed by atoms with Gasteiger partial charge in [-0.1, -0.05) is 11.8 Å². The Kier molecular flexibility index (Phi) is 3.77. The molecule has 6 heteroatoms. The summed E-state index contributed by atoms with van der Waals surface area (Å²) in [5.41, 5.74) is 5.98. The molecule has 1 aromatic heterocycles. The zero-order valence-electron chi connectivity index (χ0n) is 11.0. The number of carbonyl (C=O) groups excluding carboxylic acids is 1.